The van der Waals surface area contributed by atoms with Gasteiger partial charge in [-0.3, -0.25) is 0 Å². The Hall–Kier alpha value is -1.88. The molecular weight excluding hydrogens is 246 g/mol. The number of nitrogens with one attached hydrogen (secondary N) is 1. The zero-order chi connectivity index (χ0) is 12.9. The molecule has 92 valence electrons. The van der Waals surface area contributed by atoms with E-state index in [0.29, 0.717) is 0 Å². The Kier molecular flexibility index (Phi) is 4.23. The summed E-state index contributed by atoms with van der Waals surface area (Å²) >= 11 is 0. The number of hydrogen-bond acceptors (Lipinski definition) is 6. The van der Waals surface area contributed by atoms with E-state index in [-0.39, 0.29) is 29.6 Å². The van der Waals surface area contributed by atoms with Gasteiger partial charge in [0.1, 0.15) is 0 Å². The topological polar surface area (TPSA) is 113 Å². The highest BCUT2D eigenvalue weighted by Gasteiger charge is 2.19. The summed E-state index contributed by atoms with van der Waals surface area (Å²) in [7, 11) is -3.60. The lowest BCUT2D eigenvalue weighted by atomic mass is 10.6. The molecule has 1 heterocycles. The van der Waals surface area contributed by atoms with Crippen LogP contribution in [-0.4, -0.2) is 36.7 Å². The third-order valence-electron chi connectivity index (χ3n) is 1.84. The van der Waals surface area contributed by atoms with Crippen LogP contribution in [0, 0.1) is 11.3 Å². The van der Waals surface area contributed by atoms with Crippen molar-refractivity contribution in [2.24, 2.45) is 0 Å². The predicted octanol–water partition coefficient (Wildman–Crippen LogP) is 0.274. The second-order valence-electron chi connectivity index (χ2n) is 3.04. The number of carbonyl (C=O) groups is 1. The van der Waals surface area contributed by atoms with Gasteiger partial charge in [-0.15, -0.1) is 0 Å². The Bertz CT molecular complexity index is 541. The van der Waals surface area contributed by atoms with Crippen molar-refractivity contribution in [3.63, 3.8) is 0 Å². The van der Waals surface area contributed by atoms with Crippen LogP contribution in [0.2, 0.25) is 0 Å². The van der Waals surface area contributed by atoms with Crippen molar-refractivity contribution in [1.82, 2.24) is 9.97 Å². The molecule has 0 spiro atoms. The monoisotopic (exact) mass is 257 g/mol. The first-order valence-electron chi connectivity index (χ1n) is 4.83. The molecule has 0 saturated heterocycles. The SMILES string of the molecule is CCOC(=O)c1ncc(S(=O)(=O)CCC#N)[nH]1. The normalized spacial score (nSPS) is 10.8. The summed E-state index contributed by atoms with van der Waals surface area (Å²) in [6, 6.07) is 1.74. The molecule has 17 heavy (non-hydrogen) atoms. The van der Waals surface area contributed by atoms with E-state index < -0.39 is 15.8 Å². The van der Waals surface area contributed by atoms with Gasteiger partial charge in [-0.1, -0.05) is 0 Å². The van der Waals surface area contributed by atoms with E-state index in [1.165, 1.54) is 0 Å². The van der Waals surface area contributed by atoms with Crippen LogP contribution in [0.5, 0.6) is 0 Å². The number of aromatic amines is 1. The van der Waals surface area contributed by atoms with Crippen molar-refractivity contribution in [1.29, 1.82) is 5.26 Å². The van der Waals surface area contributed by atoms with Gasteiger partial charge >= 0.3 is 5.97 Å². The average Bonchev–Trinajstić information content (AvgIpc) is 2.77. The minimum absolute atomic E-state index is 0.115. The smallest absolute Gasteiger partial charge is 0.374 e. The summed E-state index contributed by atoms with van der Waals surface area (Å²) in [6.45, 7) is 1.81. The molecule has 0 fully saturated rings. The molecule has 0 aliphatic carbocycles. The molecule has 0 bridgehead atoms. The van der Waals surface area contributed by atoms with Crippen LogP contribution in [0.4, 0.5) is 0 Å². The first-order valence-corrected chi connectivity index (χ1v) is 6.48. The van der Waals surface area contributed by atoms with Gasteiger partial charge < -0.3 is 9.72 Å². The van der Waals surface area contributed by atoms with Gasteiger partial charge in [-0.2, -0.15) is 5.26 Å². The number of carbonyl (C=O) groups excluding carboxylic acids is 1. The lowest BCUT2D eigenvalue weighted by molar-refractivity contribution is 0.0513. The second-order valence-corrected chi connectivity index (χ2v) is 5.12. The van der Waals surface area contributed by atoms with Crippen molar-refractivity contribution >= 4 is 15.8 Å². The zero-order valence-electron chi connectivity index (χ0n) is 9.13. The minimum atomic E-state index is -3.60. The lowest BCUT2D eigenvalue weighted by Crippen LogP contribution is -2.09. The fourth-order valence-corrected chi connectivity index (χ4v) is 2.10. The van der Waals surface area contributed by atoms with Crippen molar-refractivity contribution in [2.45, 2.75) is 18.4 Å². The molecule has 1 rings (SSSR count). The standard InChI is InChI=1S/C9H11N3O4S/c1-2-16-9(13)8-11-6-7(12-8)17(14,15)5-3-4-10/h6H,2-3,5H2,1H3,(H,11,12). The Labute approximate surface area is 98.3 Å². The van der Waals surface area contributed by atoms with Crippen LogP contribution in [0.1, 0.15) is 24.0 Å². The molecule has 0 saturated carbocycles. The van der Waals surface area contributed by atoms with Gasteiger partial charge in [0.15, 0.2) is 14.9 Å². The summed E-state index contributed by atoms with van der Waals surface area (Å²) in [5.74, 6) is -1.19. The van der Waals surface area contributed by atoms with E-state index in [4.69, 9.17) is 5.26 Å². The van der Waals surface area contributed by atoms with E-state index in [0.717, 1.165) is 6.20 Å². The number of H-pyrrole nitrogens is 1. The first-order chi connectivity index (χ1) is 8.01. The van der Waals surface area contributed by atoms with E-state index in [1.807, 2.05) is 0 Å². The summed E-state index contributed by atoms with van der Waals surface area (Å²) in [4.78, 5) is 17.2. The maximum Gasteiger partial charge on any atom is 0.374 e. The zero-order valence-corrected chi connectivity index (χ0v) is 9.95. The van der Waals surface area contributed by atoms with Gasteiger partial charge in [-0.05, 0) is 6.92 Å². The lowest BCUT2D eigenvalue weighted by Gasteiger charge is -1.98. The fourth-order valence-electron chi connectivity index (χ4n) is 1.06. The van der Waals surface area contributed by atoms with Gasteiger partial charge in [0.05, 0.1) is 24.6 Å². The number of nitrogens with zero attached hydrogens (tertiary/aromatic N) is 2. The van der Waals surface area contributed by atoms with Crippen LogP contribution in [0.3, 0.4) is 0 Å². The van der Waals surface area contributed by atoms with Gasteiger partial charge in [0.2, 0.25) is 5.82 Å². The number of sulfone groups is 1. The quantitative estimate of drug-likeness (QED) is 0.757. The first kappa shape index (κ1) is 13.2. The molecule has 0 aliphatic heterocycles. The highest BCUT2D eigenvalue weighted by Crippen LogP contribution is 2.09. The fraction of sp³-hybridized carbons (Fsp3) is 0.444. The van der Waals surface area contributed by atoms with Crippen molar-refractivity contribution in [2.75, 3.05) is 12.4 Å². The van der Waals surface area contributed by atoms with Crippen molar-refractivity contribution in [3.05, 3.63) is 12.0 Å². The minimum Gasteiger partial charge on any atom is -0.460 e. The largest absolute Gasteiger partial charge is 0.460 e. The Morgan fingerprint density at radius 2 is 2.35 bits per heavy atom. The Balaban J connectivity index is 2.88. The maximum atomic E-state index is 11.6. The number of ether oxygens (including phenoxy) is 1. The van der Waals surface area contributed by atoms with E-state index in [2.05, 4.69) is 14.7 Å². The summed E-state index contributed by atoms with van der Waals surface area (Å²) < 4.78 is 27.9. The van der Waals surface area contributed by atoms with Crippen LogP contribution >= 0.6 is 0 Å². The van der Waals surface area contributed by atoms with E-state index in [9.17, 15) is 13.2 Å². The van der Waals surface area contributed by atoms with Crippen molar-refractivity contribution < 1.29 is 17.9 Å². The molecule has 1 aromatic heterocycles. The highest BCUT2D eigenvalue weighted by molar-refractivity contribution is 7.91. The Morgan fingerprint density at radius 3 is 2.94 bits per heavy atom. The second kappa shape index (κ2) is 5.45. The average molecular weight is 257 g/mol. The third-order valence-corrected chi connectivity index (χ3v) is 3.46. The van der Waals surface area contributed by atoms with Crippen LogP contribution in [0.15, 0.2) is 11.2 Å². The maximum absolute atomic E-state index is 11.6. The Morgan fingerprint density at radius 1 is 1.65 bits per heavy atom. The number of esters is 1. The predicted molar refractivity (Wildman–Crippen MR) is 56.8 cm³/mol. The molecule has 8 heteroatoms. The molecule has 0 atom stereocenters. The number of hydrogen-bond donors (Lipinski definition) is 1. The van der Waals surface area contributed by atoms with Crippen LogP contribution in [-0.2, 0) is 14.6 Å². The molecule has 7 nitrogen and oxygen atoms in total. The molecule has 0 unspecified atom stereocenters. The van der Waals surface area contributed by atoms with E-state index >= 15 is 0 Å². The van der Waals surface area contributed by atoms with Crippen molar-refractivity contribution in [3.8, 4) is 6.07 Å². The summed E-state index contributed by atoms with van der Waals surface area (Å²) in [5.41, 5.74) is 0. The highest BCUT2D eigenvalue weighted by atomic mass is 32.2. The number of imidazole rings is 1. The molecule has 0 amide bonds. The summed E-state index contributed by atoms with van der Waals surface area (Å²) in [5, 5.41) is 8.14. The molecule has 0 radical (unpaired) electrons. The number of aromatic nitrogens is 2. The van der Waals surface area contributed by atoms with Crippen LogP contribution in [0.25, 0.3) is 0 Å². The molecule has 0 aromatic carbocycles. The van der Waals surface area contributed by atoms with Gasteiger partial charge in [0.25, 0.3) is 0 Å². The molecular formula is C9H11N3O4S. The van der Waals surface area contributed by atoms with E-state index in [1.54, 1.807) is 13.0 Å². The van der Waals surface area contributed by atoms with Gasteiger partial charge in [-0.25, -0.2) is 18.2 Å². The number of rotatable bonds is 5. The molecule has 1 N–H and O–H groups in total. The summed E-state index contributed by atoms with van der Waals surface area (Å²) in [6.07, 6.45) is 0.926. The van der Waals surface area contributed by atoms with Gasteiger partial charge in [0, 0.05) is 6.42 Å². The molecule has 0 aliphatic rings. The molecule has 1 aromatic rings. The number of nitriles is 1. The third kappa shape index (κ3) is 3.29. The van der Waals surface area contributed by atoms with Crippen LogP contribution < -0.4 is 0 Å².